The van der Waals surface area contributed by atoms with Crippen LogP contribution in [0.5, 0.6) is 5.75 Å². The van der Waals surface area contributed by atoms with Gasteiger partial charge < -0.3 is 9.64 Å². The fourth-order valence-corrected chi connectivity index (χ4v) is 3.45. The van der Waals surface area contributed by atoms with Crippen LogP contribution >= 0.6 is 0 Å². The zero-order valence-electron chi connectivity index (χ0n) is 15.1. The van der Waals surface area contributed by atoms with Gasteiger partial charge in [-0.05, 0) is 36.2 Å². The van der Waals surface area contributed by atoms with Crippen molar-refractivity contribution >= 4 is 11.6 Å². The van der Waals surface area contributed by atoms with E-state index in [9.17, 15) is 4.79 Å². The number of methoxy groups -OCH3 is 1. The molecule has 126 valence electrons. The summed E-state index contributed by atoms with van der Waals surface area (Å²) in [7, 11) is 1.67. The average Bonchev–Trinajstić information content (AvgIpc) is 2.88. The maximum Gasteiger partial charge on any atom is 0.232 e. The Hall–Kier alpha value is -2.29. The van der Waals surface area contributed by atoms with Crippen LogP contribution in [0, 0.1) is 5.41 Å². The Morgan fingerprint density at radius 1 is 1.08 bits per heavy atom. The molecule has 3 rings (SSSR count). The quantitative estimate of drug-likeness (QED) is 0.820. The zero-order chi connectivity index (χ0) is 17.5. The highest BCUT2D eigenvalue weighted by Crippen LogP contribution is 2.46. The summed E-state index contributed by atoms with van der Waals surface area (Å²) in [6.07, 6.45) is 0. The molecule has 3 heteroatoms. The number of fused-ring (bicyclic) bond motifs is 1. The van der Waals surface area contributed by atoms with Gasteiger partial charge in [-0.25, -0.2) is 0 Å². The van der Waals surface area contributed by atoms with Gasteiger partial charge in [0.25, 0.3) is 0 Å². The van der Waals surface area contributed by atoms with E-state index in [2.05, 4.69) is 25.1 Å². The summed E-state index contributed by atoms with van der Waals surface area (Å²) in [5, 5.41) is 0. The molecule has 2 aromatic rings. The van der Waals surface area contributed by atoms with Crippen LogP contribution in [0.1, 0.15) is 38.8 Å². The second-order valence-corrected chi connectivity index (χ2v) is 7.72. The van der Waals surface area contributed by atoms with Crippen molar-refractivity contribution in [2.45, 2.75) is 33.1 Å². The van der Waals surface area contributed by atoms with E-state index in [0.29, 0.717) is 6.54 Å². The van der Waals surface area contributed by atoms with Crippen LogP contribution in [0.15, 0.2) is 48.5 Å². The molecule has 1 amide bonds. The number of hydrogen-bond donors (Lipinski definition) is 0. The Labute approximate surface area is 144 Å². The highest BCUT2D eigenvalue weighted by molar-refractivity contribution is 5.99. The highest BCUT2D eigenvalue weighted by Gasteiger charge is 2.44. The predicted octanol–water partition coefficient (Wildman–Crippen LogP) is 4.39. The summed E-state index contributed by atoms with van der Waals surface area (Å²) >= 11 is 0. The van der Waals surface area contributed by atoms with Crippen molar-refractivity contribution in [1.82, 2.24) is 0 Å². The largest absolute Gasteiger partial charge is 0.497 e. The van der Waals surface area contributed by atoms with Gasteiger partial charge in [0, 0.05) is 23.1 Å². The summed E-state index contributed by atoms with van der Waals surface area (Å²) in [6, 6.07) is 16.4. The first-order valence-electron chi connectivity index (χ1n) is 8.33. The lowest BCUT2D eigenvalue weighted by Gasteiger charge is -2.29. The molecule has 0 spiro atoms. The van der Waals surface area contributed by atoms with Crippen molar-refractivity contribution in [3.63, 3.8) is 0 Å². The van der Waals surface area contributed by atoms with E-state index in [4.69, 9.17) is 4.74 Å². The van der Waals surface area contributed by atoms with E-state index >= 15 is 0 Å². The Kier molecular flexibility index (Phi) is 3.90. The lowest BCUT2D eigenvalue weighted by molar-refractivity contribution is -0.125. The van der Waals surface area contributed by atoms with E-state index in [0.717, 1.165) is 11.4 Å². The van der Waals surface area contributed by atoms with Gasteiger partial charge in [-0.15, -0.1) is 0 Å². The lowest BCUT2D eigenvalue weighted by atomic mass is 9.78. The third-order valence-electron chi connectivity index (χ3n) is 4.88. The third kappa shape index (κ3) is 2.58. The van der Waals surface area contributed by atoms with Crippen LogP contribution in [0.2, 0.25) is 0 Å². The number of nitrogens with zero attached hydrogens (tertiary/aromatic N) is 1. The summed E-state index contributed by atoms with van der Waals surface area (Å²) in [4.78, 5) is 14.9. The number of hydrogen-bond acceptors (Lipinski definition) is 2. The summed E-state index contributed by atoms with van der Waals surface area (Å²) in [5.74, 6) is 1.00. The van der Waals surface area contributed by atoms with Crippen LogP contribution in [0.4, 0.5) is 5.69 Å². The fraction of sp³-hybridized carbons (Fsp3) is 0.381. The molecule has 1 atom stereocenters. The van der Waals surface area contributed by atoms with Crippen molar-refractivity contribution in [3.05, 3.63) is 59.7 Å². The van der Waals surface area contributed by atoms with E-state index < -0.39 is 5.41 Å². The van der Waals surface area contributed by atoms with Crippen LogP contribution in [0.3, 0.4) is 0 Å². The molecule has 2 aromatic carbocycles. The van der Waals surface area contributed by atoms with Gasteiger partial charge in [-0.2, -0.15) is 0 Å². The summed E-state index contributed by atoms with van der Waals surface area (Å²) < 4.78 is 5.27. The average molecular weight is 323 g/mol. The van der Waals surface area contributed by atoms with Crippen molar-refractivity contribution in [1.29, 1.82) is 0 Å². The van der Waals surface area contributed by atoms with Crippen molar-refractivity contribution in [3.8, 4) is 5.75 Å². The van der Waals surface area contributed by atoms with E-state index in [1.165, 1.54) is 11.1 Å². The third-order valence-corrected chi connectivity index (χ3v) is 4.88. The number of benzene rings is 2. The van der Waals surface area contributed by atoms with Gasteiger partial charge in [0.2, 0.25) is 5.91 Å². The molecule has 0 radical (unpaired) electrons. The Bertz CT molecular complexity index is 758. The van der Waals surface area contributed by atoms with Crippen LogP contribution < -0.4 is 9.64 Å². The molecular formula is C21H25NO2. The molecule has 0 saturated carbocycles. The zero-order valence-corrected chi connectivity index (χ0v) is 15.1. The monoisotopic (exact) mass is 323 g/mol. The molecule has 1 aliphatic rings. The minimum atomic E-state index is -0.404. The van der Waals surface area contributed by atoms with E-state index in [-0.39, 0.29) is 11.3 Å². The molecule has 0 bridgehead atoms. The van der Waals surface area contributed by atoms with Crippen molar-refractivity contribution in [2.24, 2.45) is 5.41 Å². The Morgan fingerprint density at radius 2 is 1.71 bits per heavy atom. The molecule has 1 heterocycles. The fourth-order valence-electron chi connectivity index (χ4n) is 3.45. The molecule has 1 aliphatic heterocycles. The molecule has 0 aliphatic carbocycles. The van der Waals surface area contributed by atoms with E-state index in [1.807, 2.05) is 56.0 Å². The van der Waals surface area contributed by atoms with Gasteiger partial charge >= 0.3 is 0 Å². The van der Waals surface area contributed by atoms with Crippen molar-refractivity contribution in [2.75, 3.05) is 18.6 Å². The molecule has 24 heavy (non-hydrogen) atoms. The number of anilines is 1. The SMILES string of the molecule is COc1ccc(C2(C)CN(C(=O)C(C)(C)C)c3ccccc32)cc1. The minimum absolute atomic E-state index is 0.159. The molecule has 1 unspecified atom stereocenters. The number of carbonyl (C=O) groups is 1. The number of carbonyl (C=O) groups excluding carboxylic acids is 1. The minimum Gasteiger partial charge on any atom is -0.497 e. The summed E-state index contributed by atoms with van der Waals surface area (Å²) in [5.41, 5.74) is 2.80. The first-order chi connectivity index (χ1) is 11.3. The topological polar surface area (TPSA) is 29.5 Å². The molecular weight excluding hydrogens is 298 g/mol. The van der Waals surface area contributed by atoms with Gasteiger partial charge in [-0.3, -0.25) is 4.79 Å². The standard InChI is InChI=1S/C21H25NO2/c1-20(2,3)19(23)22-14-21(4,17-8-6-7-9-18(17)22)15-10-12-16(24-5)13-11-15/h6-13H,14H2,1-5H3. The Morgan fingerprint density at radius 3 is 2.29 bits per heavy atom. The number of rotatable bonds is 2. The molecule has 0 fully saturated rings. The molecule has 3 nitrogen and oxygen atoms in total. The van der Waals surface area contributed by atoms with Gasteiger partial charge in [0.15, 0.2) is 0 Å². The second kappa shape index (κ2) is 5.66. The van der Waals surface area contributed by atoms with Gasteiger partial charge in [-0.1, -0.05) is 51.1 Å². The smallest absolute Gasteiger partial charge is 0.232 e. The van der Waals surface area contributed by atoms with Gasteiger partial charge in [0.05, 0.1) is 7.11 Å². The normalized spacial score (nSPS) is 20.0. The molecule has 0 aromatic heterocycles. The van der Waals surface area contributed by atoms with Gasteiger partial charge in [0.1, 0.15) is 5.75 Å². The summed E-state index contributed by atoms with van der Waals surface area (Å²) in [6.45, 7) is 8.79. The number of para-hydroxylation sites is 1. The number of ether oxygens (including phenoxy) is 1. The first kappa shape index (κ1) is 16.6. The molecule has 0 saturated heterocycles. The van der Waals surface area contributed by atoms with Crippen LogP contribution in [-0.4, -0.2) is 19.6 Å². The maximum atomic E-state index is 13.0. The maximum absolute atomic E-state index is 13.0. The number of amides is 1. The second-order valence-electron chi connectivity index (χ2n) is 7.72. The highest BCUT2D eigenvalue weighted by atomic mass is 16.5. The van der Waals surface area contributed by atoms with Crippen LogP contribution in [0.25, 0.3) is 0 Å². The molecule has 0 N–H and O–H groups in total. The van der Waals surface area contributed by atoms with Crippen LogP contribution in [-0.2, 0) is 10.2 Å². The van der Waals surface area contributed by atoms with E-state index in [1.54, 1.807) is 7.11 Å². The Balaban J connectivity index is 2.08. The lowest BCUT2D eigenvalue weighted by Crippen LogP contribution is -2.41. The first-order valence-corrected chi connectivity index (χ1v) is 8.33. The predicted molar refractivity (Wildman–Crippen MR) is 97.7 cm³/mol. The van der Waals surface area contributed by atoms with Crippen molar-refractivity contribution < 1.29 is 9.53 Å².